The largest absolute Gasteiger partial charge is 0.444 e. The Kier molecular flexibility index (Phi) is 6.48. The average molecular weight is 353 g/mol. The molecule has 6 nitrogen and oxygen atoms in total. The van der Waals surface area contributed by atoms with Gasteiger partial charge in [0, 0.05) is 19.6 Å². The van der Waals surface area contributed by atoms with Crippen LogP contribution in [0, 0.1) is 0 Å². The number of nitrogens with one attached hydrogen (secondary N) is 2. The SMILES string of the molecule is CCNC(=NCc1ccsc1)N1CCC(NC(=O)OC(C)(C)C)C1. The van der Waals surface area contributed by atoms with E-state index in [1.54, 1.807) is 11.3 Å². The molecule has 1 fully saturated rings. The van der Waals surface area contributed by atoms with Gasteiger partial charge in [0.05, 0.1) is 12.6 Å². The van der Waals surface area contributed by atoms with Crippen LogP contribution in [0.2, 0.25) is 0 Å². The van der Waals surface area contributed by atoms with Crippen molar-refractivity contribution in [1.29, 1.82) is 0 Å². The lowest BCUT2D eigenvalue weighted by Crippen LogP contribution is -2.44. The number of guanidine groups is 1. The summed E-state index contributed by atoms with van der Waals surface area (Å²) in [6.45, 7) is 10.8. The molecule has 0 radical (unpaired) electrons. The van der Waals surface area contributed by atoms with E-state index < -0.39 is 5.60 Å². The third kappa shape index (κ3) is 6.03. The molecule has 1 aromatic rings. The highest BCUT2D eigenvalue weighted by Gasteiger charge is 2.27. The second-order valence-electron chi connectivity index (χ2n) is 6.88. The minimum atomic E-state index is -0.473. The smallest absolute Gasteiger partial charge is 0.407 e. The molecule has 0 aromatic carbocycles. The van der Waals surface area contributed by atoms with E-state index >= 15 is 0 Å². The van der Waals surface area contributed by atoms with Gasteiger partial charge < -0.3 is 20.3 Å². The summed E-state index contributed by atoms with van der Waals surface area (Å²) in [4.78, 5) is 18.8. The van der Waals surface area contributed by atoms with Gasteiger partial charge in [0.2, 0.25) is 0 Å². The zero-order chi connectivity index (χ0) is 17.6. The average Bonchev–Trinajstić information content (AvgIpc) is 3.12. The topological polar surface area (TPSA) is 66.0 Å². The van der Waals surface area contributed by atoms with E-state index in [0.717, 1.165) is 32.0 Å². The molecule has 24 heavy (non-hydrogen) atoms. The Morgan fingerprint density at radius 3 is 2.92 bits per heavy atom. The lowest BCUT2D eigenvalue weighted by molar-refractivity contribution is 0.0507. The standard InChI is InChI=1S/C17H28N4O2S/c1-5-18-15(19-10-13-7-9-24-12-13)21-8-6-14(11-21)20-16(22)23-17(2,3)4/h7,9,12,14H,5-6,8,10-11H2,1-4H3,(H,18,19)(H,20,22). The summed E-state index contributed by atoms with van der Waals surface area (Å²) in [7, 11) is 0. The van der Waals surface area contributed by atoms with Crippen molar-refractivity contribution in [2.75, 3.05) is 19.6 Å². The number of ether oxygens (including phenoxy) is 1. The molecule has 1 aliphatic rings. The van der Waals surface area contributed by atoms with Crippen molar-refractivity contribution in [3.63, 3.8) is 0 Å². The van der Waals surface area contributed by atoms with Gasteiger partial charge in [-0.05, 0) is 56.5 Å². The molecule has 0 saturated carbocycles. The van der Waals surface area contributed by atoms with Crippen molar-refractivity contribution in [2.45, 2.75) is 52.3 Å². The van der Waals surface area contributed by atoms with Gasteiger partial charge in [-0.15, -0.1) is 0 Å². The molecule has 2 rings (SSSR count). The first-order valence-electron chi connectivity index (χ1n) is 8.41. The summed E-state index contributed by atoms with van der Waals surface area (Å²) >= 11 is 1.68. The molecule has 1 atom stereocenters. The zero-order valence-corrected chi connectivity index (χ0v) is 15.8. The molecule has 2 heterocycles. The van der Waals surface area contributed by atoms with E-state index in [0.29, 0.717) is 6.54 Å². The van der Waals surface area contributed by atoms with E-state index in [2.05, 4.69) is 39.3 Å². The summed E-state index contributed by atoms with van der Waals surface area (Å²) in [5.41, 5.74) is 0.747. The van der Waals surface area contributed by atoms with Crippen LogP contribution in [-0.2, 0) is 11.3 Å². The molecular weight excluding hydrogens is 324 g/mol. The third-order valence-electron chi connectivity index (χ3n) is 3.54. The maximum Gasteiger partial charge on any atom is 0.407 e. The van der Waals surface area contributed by atoms with Crippen molar-refractivity contribution in [3.05, 3.63) is 22.4 Å². The predicted octanol–water partition coefficient (Wildman–Crippen LogP) is 2.81. The highest BCUT2D eigenvalue weighted by atomic mass is 32.1. The normalized spacial score (nSPS) is 18.6. The number of carbonyl (C=O) groups excluding carboxylic acids is 1. The number of nitrogens with zero attached hydrogens (tertiary/aromatic N) is 2. The summed E-state index contributed by atoms with van der Waals surface area (Å²) in [5, 5.41) is 10.5. The maximum atomic E-state index is 11.9. The van der Waals surface area contributed by atoms with Crippen LogP contribution in [0.5, 0.6) is 0 Å². The number of hydrogen-bond acceptors (Lipinski definition) is 4. The Morgan fingerprint density at radius 1 is 1.50 bits per heavy atom. The van der Waals surface area contributed by atoms with Crippen molar-refractivity contribution in [3.8, 4) is 0 Å². The minimum absolute atomic E-state index is 0.0878. The minimum Gasteiger partial charge on any atom is -0.444 e. The van der Waals surface area contributed by atoms with Gasteiger partial charge in [-0.2, -0.15) is 11.3 Å². The fourth-order valence-electron chi connectivity index (χ4n) is 2.52. The number of aliphatic imine (C=N–C) groups is 1. The molecule has 1 saturated heterocycles. The fourth-order valence-corrected chi connectivity index (χ4v) is 3.18. The zero-order valence-electron chi connectivity index (χ0n) is 15.0. The van der Waals surface area contributed by atoms with Crippen LogP contribution in [0.25, 0.3) is 0 Å². The van der Waals surface area contributed by atoms with E-state index in [9.17, 15) is 4.79 Å². The molecule has 2 N–H and O–H groups in total. The predicted molar refractivity (Wildman–Crippen MR) is 98.5 cm³/mol. The maximum absolute atomic E-state index is 11.9. The first kappa shape index (κ1) is 18.6. The second kappa shape index (κ2) is 8.37. The van der Waals surface area contributed by atoms with Crippen molar-refractivity contribution in [2.24, 2.45) is 4.99 Å². The van der Waals surface area contributed by atoms with Gasteiger partial charge in [0.25, 0.3) is 0 Å². The quantitative estimate of drug-likeness (QED) is 0.646. The Hall–Kier alpha value is -1.76. The molecule has 1 aromatic heterocycles. The molecule has 0 aliphatic carbocycles. The van der Waals surface area contributed by atoms with Gasteiger partial charge in [0.1, 0.15) is 5.60 Å². The van der Waals surface area contributed by atoms with Gasteiger partial charge in [-0.3, -0.25) is 0 Å². The van der Waals surface area contributed by atoms with Gasteiger partial charge in [-0.25, -0.2) is 9.79 Å². The molecular formula is C17H28N4O2S. The van der Waals surface area contributed by atoms with Crippen LogP contribution in [-0.4, -0.2) is 48.2 Å². The lowest BCUT2D eigenvalue weighted by atomic mass is 10.2. The number of amides is 1. The molecule has 134 valence electrons. The lowest BCUT2D eigenvalue weighted by Gasteiger charge is -2.23. The first-order chi connectivity index (χ1) is 11.4. The van der Waals surface area contributed by atoms with Crippen LogP contribution >= 0.6 is 11.3 Å². The number of rotatable bonds is 4. The molecule has 7 heteroatoms. The molecule has 1 amide bonds. The number of likely N-dealkylation sites (tertiary alicyclic amines) is 1. The first-order valence-corrected chi connectivity index (χ1v) is 9.35. The van der Waals surface area contributed by atoms with Crippen molar-refractivity contribution >= 4 is 23.4 Å². The fraction of sp³-hybridized carbons (Fsp3) is 0.647. The van der Waals surface area contributed by atoms with Crippen LogP contribution in [0.15, 0.2) is 21.8 Å². The van der Waals surface area contributed by atoms with Crippen molar-refractivity contribution in [1.82, 2.24) is 15.5 Å². The van der Waals surface area contributed by atoms with Crippen molar-refractivity contribution < 1.29 is 9.53 Å². The summed E-state index contributed by atoms with van der Waals surface area (Å²) < 4.78 is 5.33. The van der Waals surface area contributed by atoms with Crippen LogP contribution in [0.1, 0.15) is 39.7 Å². The van der Waals surface area contributed by atoms with E-state index in [1.165, 1.54) is 5.56 Å². The van der Waals surface area contributed by atoms with Gasteiger partial charge >= 0.3 is 6.09 Å². The summed E-state index contributed by atoms with van der Waals surface area (Å²) in [6.07, 6.45) is 0.539. The Morgan fingerprint density at radius 2 is 2.29 bits per heavy atom. The summed E-state index contributed by atoms with van der Waals surface area (Å²) in [5.74, 6) is 0.900. The van der Waals surface area contributed by atoms with Gasteiger partial charge in [-0.1, -0.05) is 0 Å². The number of alkyl carbamates (subject to hydrolysis) is 1. The van der Waals surface area contributed by atoms with E-state index in [-0.39, 0.29) is 12.1 Å². The molecule has 0 spiro atoms. The van der Waals surface area contributed by atoms with Crippen LogP contribution in [0.3, 0.4) is 0 Å². The number of thiophene rings is 1. The van der Waals surface area contributed by atoms with Crippen LogP contribution in [0.4, 0.5) is 4.79 Å². The Bertz CT molecular complexity index is 551. The van der Waals surface area contributed by atoms with E-state index in [4.69, 9.17) is 9.73 Å². The Labute approximate surface area is 148 Å². The number of hydrogen-bond donors (Lipinski definition) is 2. The summed E-state index contributed by atoms with van der Waals surface area (Å²) in [6, 6.07) is 2.18. The second-order valence-corrected chi connectivity index (χ2v) is 7.66. The Balaban J connectivity index is 1.88. The van der Waals surface area contributed by atoms with E-state index in [1.807, 2.05) is 20.8 Å². The molecule has 1 unspecified atom stereocenters. The highest BCUT2D eigenvalue weighted by Crippen LogP contribution is 2.13. The highest BCUT2D eigenvalue weighted by molar-refractivity contribution is 7.07. The van der Waals surface area contributed by atoms with Crippen LogP contribution < -0.4 is 10.6 Å². The third-order valence-corrected chi connectivity index (χ3v) is 4.27. The van der Waals surface area contributed by atoms with Gasteiger partial charge in [0.15, 0.2) is 5.96 Å². The molecule has 1 aliphatic heterocycles. The molecule has 0 bridgehead atoms. The monoisotopic (exact) mass is 352 g/mol. The number of carbonyl (C=O) groups is 1.